The van der Waals surface area contributed by atoms with Gasteiger partial charge in [0.05, 0.1) is 5.52 Å². The Labute approximate surface area is 158 Å². The number of nitrogens with zero attached hydrogens (tertiary/aromatic N) is 2. The largest absolute Gasteiger partial charge is 0.356 e. The molecule has 3 aromatic rings. The van der Waals surface area contributed by atoms with E-state index in [4.69, 9.17) is 4.98 Å². The highest BCUT2D eigenvalue weighted by atomic mass is 19.1. The van der Waals surface area contributed by atoms with Crippen LogP contribution in [-0.2, 0) is 0 Å². The Kier molecular flexibility index (Phi) is 4.97. The Morgan fingerprint density at radius 3 is 2.52 bits per heavy atom. The molecule has 0 saturated carbocycles. The summed E-state index contributed by atoms with van der Waals surface area (Å²) in [7, 11) is 0. The smallest absolute Gasteiger partial charge is 0.185 e. The summed E-state index contributed by atoms with van der Waals surface area (Å²) < 4.78 is 13.1. The van der Waals surface area contributed by atoms with Crippen molar-refractivity contribution in [2.24, 2.45) is 0 Å². The van der Waals surface area contributed by atoms with Crippen LogP contribution in [0, 0.1) is 5.82 Å². The summed E-state index contributed by atoms with van der Waals surface area (Å²) in [6.07, 6.45) is 6.94. The zero-order chi connectivity index (χ0) is 18.6. The lowest BCUT2D eigenvalue weighted by atomic mass is 10.1. The fraction of sp³-hybridized carbons (Fsp3) is 0.217. The van der Waals surface area contributed by atoms with Gasteiger partial charge in [0.1, 0.15) is 11.6 Å². The highest BCUT2D eigenvalue weighted by Gasteiger charge is 2.16. The van der Waals surface area contributed by atoms with E-state index >= 15 is 0 Å². The third-order valence-electron chi connectivity index (χ3n) is 4.93. The van der Waals surface area contributed by atoms with Gasteiger partial charge < -0.3 is 4.90 Å². The molecule has 1 aliphatic rings. The minimum absolute atomic E-state index is 0.146. The molecule has 1 aromatic heterocycles. The quantitative estimate of drug-likeness (QED) is 0.470. The molecule has 27 heavy (non-hydrogen) atoms. The van der Waals surface area contributed by atoms with Crippen LogP contribution in [0.15, 0.2) is 60.7 Å². The number of halogens is 1. The number of carbonyl (C=O) groups excluding carboxylic acids is 1. The summed E-state index contributed by atoms with van der Waals surface area (Å²) in [5.41, 5.74) is 2.37. The van der Waals surface area contributed by atoms with Crippen LogP contribution < -0.4 is 4.90 Å². The molecule has 1 saturated heterocycles. The molecule has 4 heteroatoms. The number of piperidine rings is 1. The van der Waals surface area contributed by atoms with Crippen molar-refractivity contribution in [2.75, 3.05) is 18.0 Å². The van der Waals surface area contributed by atoms with Crippen LogP contribution in [0.3, 0.4) is 0 Å². The second-order valence-electron chi connectivity index (χ2n) is 6.85. The Morgan fingerprint density at radius 2 is 1.74 bits per heavy atom. The van der Waals surface area contributed by atoms with E-state index in [1.54, 1.807) is 6.08 Å². The third-order valence-corrected chi connectivity index (χ3v) is 4.93. The molecule has 0 unspecified atom stereocenters. The number of ketones is 1. The summed E-state index contributed by atoms with van der Waals surface area (Å²) in [4.78, 5) is 19.6. The van der Waals surface area contributed by atoms with E-state index in [1.165, 1.54) is 30.7 Å². The van der Waals surface area contributed by atoms with E-state index in [0.717, 1.165) is 48.2 Å². The second-order valence-corrected chi connectivity index (χ2v) is 6.85. The normalized spacial score (nSPS) is 14.8. The van der Waals surface area contributed by atoms with Crippen molar-refractivity contribution in [2.45, 2.75) is 19.3 Å². The van der Waals surface area contributed by atoms with E-state index in [1.807, 2.05) is 30.3 Å². The van der Waals surface area contributed by atoms with Gasteiger partial charge in [-0.15, -0.1) is 0 Å². The molecule has 3 nitrogen and oxygen atoms in total. The number of hydrogen-bond acceptors (Lipinski definition) is 3. The molecule has 2 heterocycles. The zero-order valence-electron chi connectivity index (χ0n) is 15.1. The van der Waals surface area contributed by atoms with Crippen LogP contribution in [0.4, 0.5) is 10.2 Å². The van der Waals surface area contributed by atoms with E-state index < -0.39 is 0 Å². The average molecular weight is 360 g/mol. The molecule has 1 fully saturated rings. The van der Waals surface area contributed by atoms with Gasteiger partial charge in [0.25, 0.3) is 0 Å². The molecule has 0 aliphatic carbocycles. The molecule has 0 atom stereocenters. The van der Waals surface area contributed by atoms with Gasteiger partial charge in [0.15, 0.2) is 5.78 Å². The van der Waals surface area contributed by atoms with Crippen molar-refractivity contribution < 1.29 is 9.18 Å². The number of aromatic nitrogens is 1. The molecule has 1 aliphatic heterocycles. The van der Waals surface area contributed by atoms with Crippen LogP contribution in [-0.4, -0.2) is 23.9 Å². The van der Waals surface area contributed by atoms with Crippen molar-refractivity contribution in [3.63, 3.8) is 0 Å². The lowest BCUT2D eigenvalue weighted by Gasteiger charge is -2.29. The summed E-state index contributed by atoms with van der Waals surface area (Å²) in [5, 5.41) is 1.05. The number of fused-ring (bicyclic) bond motifs is 1. The van der Waals surface area contributed by atoms with Gasteiger partial charge >= 0.3 is 0 Å². The molecule has 0 radical (unpaired) electrons. The number of carbonyl (C=O) groups is 1. The maximum Gasteiger partial charge on any atom is 0.185 e. The number of benzene rings is 2. The molecule has 2 aromatic carbocycles. The second kappa shape index (κ2) is 7.70. The standard InChI is InChI=1S/C23H21FN2O/c24-20-11-8-17(9-12-20)22(27)13-10-19-16-18-6-2-3-7-21(18)25-23(19)26-14-4-1-5-15-26/h2-3,6-13,16H,1,4-5,14-15H2/b13-10+. The first-order valence-electron chi connectivity index (χ1n) is 9.33. The summed E-state index contributed by atoms with van der Waals surface area (Å²) >= 11 is 0. The lowest BCUT2D eigenvalue weighted by Crippen LogP contribution is -2.30. The van der Waals surface area contributed by atoms with Crippen LogP contribution in [0.1, 0.15) is 35.2 Å². The third kappa shape index (κ3) is 3.90. The molecule has 0 N–H and O–H groups in total. The van der Waals surface area contributed by atoms with Gasteiger partial charge in [-0.25, -0.2) is 9.37 Å². The van der Waals surface area contributed by atoms with Gasteiger partial charge in [-0.05, 0) is 67.8 Å². The van der Waals surface area contributed by atoms with Crippen molar-refractivity contribution in [1.82, 2.24) is 4.98 Å². The summed E-state index contributed by atoms with van der Waals surface area (Å²) in [6, 6.07) is 15.7. The van der Waals surface area contributed by atoms with Gasteiger partial charge in [-0.2, -0.15) is 0 Å². The first kappa shape index (κ1) is 17.4. The topological polar surface area (TPSA) is 33.2 Å². The Morgan fingerprint density at radius 1 is 1.00 bits per heavy atom. The number of pyridine rings is 1. The molecule has 0 bridgehead atoms. The molecular formula is C23H21FN2O. The molecule has 4 rings (SSSR count). The Bertz CT molecular complexity index is 989. The first-order valence-corrected chi connectivity index (χ1v) is 9.33. The van der Waals surface area contributed by atoms with Crippen LogP contribution in [0.5, 0.6) is 0 Å². The number of allylic oxidation sites excluding steroid dienone is 1. The van der Waals surface area contributed by atoms with E-state index in [9.17, 15) is 9.18 Å². The van der Waals surface area contributed by atoms with E-state index in [0.29, 0.717) is 5.56 Å². The summed E-state index contributed by atoms with van der Waals surface area (Å²) in [6.45, 7) is 1.97. The number of anilines is 1. The van der Waals surface area contributed by atoms with Crippen molar-refractivity contribution >= 4 is 28.6 Å². The highest BCUT2D eigenvalue weighted by Crippen LogP contribution is 2.27. The van der Waals surface area contributed by atoms with Gasteiger partial charge in [-0.1, -0.05) is 18.2 Å². The fourth-order valence-electron chi connectivity index (χ4n) is 3.48. The number of rotatable bonds is 4. The monoisotopic (exact) mass is 360 g/mol. The van der Waals surface area contributed by atoms with Crippen molar-refractivity contribution in [3.8, 4) is 0 Å². The first-order chi connectivity index (χ1) is 13.2. The maximum absolute atomic E-state index is 13.1. The van der Waals surface area contributed by atoms with Gasteiger partial charge in [-0.3, -0.25) is 4.79 Å². The Hall–Kier alpha value is -3.01. The fourth-order valence-corrected chi connectivity index (χ4v) is 3.48. The zero-order valence-corrected chi connectivity index (χ0v) is 15.1. The van der Waals surface area contributed by atoms with Crippen molar-refractivity contribution in [1.29, 1.82) is 0 Å². The highest BCUT2D eigenvalue weighted by molar-refractivity contribution is 6.07. The number of para-hydroxylation sites is 1. The molecular weight excluding hydrogens is 339 g/mol. The minimum Gasteiger partial charge on any atom is -0.356 e. The minimum atomic E-state index is -0.346. The van der Waals surface area contributed by atoms with E-state index in [-0.39, 0.29) is 11.6 Å². The van der Waals surface area contributed by atoms with Crippen LogP contribution >= 0.6 is 0 Å². The molecule has 0 amide bonds. The molecule has 0 spiro atoms. The maximum atomic E-state index is 13.1. The van der Waals surface area contributed by atoms with Gasteiger partial charge in [0.2, 0.25) is 0 Å². The van der Waals surface area contributed by atoms with Gasteiger partial charge in [0, 0.05) is 29.6 Å². The molecule has 136 valence electrons. The van der Waals surface area contributed by atoms with E-state index in [2.05, 4.69) is 11.0 Å². The van der Waals surface area contributed by atoms with Crippen molar-refractivity contribution in [3.05, 3.63) is 77.6 Å². The lowest BCUT2D eigenvalue weighted by molar-refractivity contribution is 0.104. The number of hydrogen-bond donors (Lipinski definition) is 0. The average Bonchev–Trinajstić information content (AvgIpc) is 2.72. The SMILES string of the molecule is O=C(/C=C/c1cc2ccccc2nc1N1CCCCC1)c1ccc(F)cc1. The van der Waals surface area contributed by atoms with Crippen LogP contribution in [0.2, 0.25) is 0 Å². The van der Waals surface area contributed by atoms with Crippen LogP contribution in [0.25, 0.3) is 17.0 Å². The Balaban J connectivity index is 1.70. The predicted molar refractivity (Wildman–Crippen MR) is 108 cm³/mol. The summed E-state index contributed by atoms with van der Waals surface area (Å²) in [5.74, 6) is 0.436. The predicted octanol–water partition coefficient (Wildman–Crippen LogP) is 5.26.